The van der Waals surface area contributed by atoms with Crippen LogP contribution in [0.3, 0.4) is 0 Å². The minimum atomic E-state index is -1.59. The molecule has 0 saturated heterocycles. The van der Waals surface area contributed by atoms with E-state index in [4.69, 9.17) is 9.40 Å². The largest absolute Gasteiger partial charge is 0.501 e. The van der Waals surface area contributed by atoms with Crippen molar-refractivity contribution in [2.45, 2.75) is 79.4 Å². The van der Waals surface area contributed by atoms with E-state index < -0.39 is 8.07 Å². The number of aromatic nitrogens is 2. The summed E-state index contributed by atoms with van der Waals surface area (Å²) in [6, 6.07) is 33.9. The third kappa shape index (κ3) is 7.23. The third-order valence-electron chi connectivity index (χ3n) is 9.74. The molecule has 3 aromatic carbocycles. The van der Waals surface area contributed by atoms with Crippen LogP contribution < -0.4 is 5.19 Å². The number of para-hydroxylation sites is 1. The summed E-state index contributed by atoms with van der Waals surface area (Å²) in [5.74, 6) is 0.493. The van der Waals surface area contributed by atoms with Crippen LogP contribution in [0.4, 0.5) is 0 Å². The fourth-order valence-corrected chi connectivity index (χ4v) is 9.25. The zero-order valence-electron chi connectivity index (χ0n) is 29.0. The van der Waals surface area contributed by atoms with Gasteiger partial charge in [-0.3, -0.25) is 0 Å². The molecule has 0 atom stereocenters. The molecule has 3 heterocycles. The number of nitrogens with zero attached hydrogens (tertiary/aromatic N) is 2. The van der Waals surface area contributed by atoms with Crippen LogP contribution in [0, 0.1) is 29.9 Å². The molecule has 0 aliphatic heterocycles. The van der Waals surface area contributed by atoms with Crippen molar-refractivity contribution in [2.75, 3.05) is 0 Å². The third-order valence-corrected chi connectivity index (χ3v) is 11.7. The zero-order valence-corrected chi connectivity index (χ0v) is 32.4. The molecule has 1 radical (unpaired) electrons. The van der Waals surface area contributed by atoms with Gasteiger partial charge in [0.15, 0.2) is 0 Å². The summed E-state index contributed by atoms with van der Waals surface area (Å²) in [6.45, 7) is 19.0. The summed E-state index contributed by atoms with van der Waals surface area (Å²) in [4.78, 5) is 9.15. The van der Waals surface area contributed by atoms with Crippen LogP contribution in [0.2, 0.25) is 19.6 Å². The number of furan rings is 1. The van der Waals surface area contributed by atoms with Gasteiger partial charge in [0.1, 0.15) is 5.58 Å². The Kier molecular flexibility index (Phi) is 10.1. The second-order valence-corrected chi connectivity index (χ2v) is 20.4. The molecule has 3 nitrogen and oxygen atoms in total. The van der Waals surface area contributed by atoms with Gasteiger partial charge in [-0.2, -0.15) is 0 Å². The summed E-state index contributed by atoms with van der Waals surface area (Å²) in [5, 5.41) is 3.85. The zero-order chi connectivity index (χ0) is 32.7. The van der Waals surface area contributed by atoms with E-state index >= 15 is 0 Å². The van der Waals surface area contributed by atoms with E-state index in [0.717, 1.165) is 33.7 Å². The van der Waals surface area contributed by atoms with Gasteiger partial charge < -0.3 is 14.4 Å². The van der Waals surface area contributed by atoms with Crippen molar-refractivity contribution >= 4 is 35.2 Å². The summed E-state index contributed by atoms with van der Waals surface area (Å²) in [7, 11) is -1.59. The molecule has 6 aromatic rings. The standard InChI is InChI=1S/C30H36NOSi.C12H10N.Ir/c1-29(2)16-10-17-30(3,4)28(29)20-15-18-31-23(19-20)21-13-14-25(33(5,6)7)26-22-11-8-9-12-24(22)32-27(21)26;1-10-7-8-12(13-9-10)11-5-3-2-4-6-11;/h8-9,11-12,14-15,18-19,28H,10,16-17H2,1-7H3;2-5,7-9H,1H3;/q2*-1;. The smallest absolute Gasteiger partial charge is 0.120 e. The molecule has 0 amide bonds. The monoisotopic (exact) mass is 815 g/mol. The number of aryl methyl sites for hydroxylation is 1. The van der Waals surface area contributed by atoms with Crippen molar-refractivity contribution in [3.8, 4) is 22.5 Å². The molecular formula is C42H46IrN2OSi-2. The number of hydrogen-bond donors (Lipinski definition) is 0. The molecule has 3 aromatic heterocycles. The maximum absolute atomic E-state index is 6.49. The van der Waals surface area contributed by atoms with E-state index in [1.165, 1.54) is 46.3 Å². The normalized spacial score (nSPS) is 15.9. The maximum Gasteiger partial charge on any atom is 0.120 e. The van der Waals surface area contributed by atoms with Crippen molar-refractivity contribution < 1.29 is 24.5 Å². The van der Waals surface area contributed by atoms with Crippen molar-refractivity contribution in [2.24, 2.45) is 10.8 Å². The Labute approximate surface area is 295 Å². The van der Waals surface area contributed by atoms with E-state index in [1.54, 1.807) is 0 Å². The van der Waals surface area contributed by atoms with Gasteiger partial charge in [0.25, 0.3) is 0 Å². The molecular weight excluding hydrogens is 769 g/mol. The Morgan fingerprint density at radius 3 is 2.21 bits per heavy atom. The Bertz CT molecular complexity index is 1950. The van der Waals surface area contributed by atoms with Gasteiger partial charge in [0.05, 0.1) is 5.58 Å². The van der Waals surface area contributed by atoms with Crippen LogP contribution in [-0.4, -0.2) is 18.0 Å². The molecule has 0 spiro atoms. The van der Waals surface area contributed by atoms with Crippen molar-refractivity contribution in [1.29, 1.82) is 0 Å². The van der Waals surface area contributed by atoms with Gasteiger partial charge >= 0.3 is 0 Å². The van der Waals surface area contributed by atoms with Gasteiger partial charge in [0.2, 0.25) is 0 Å². The van der Waals surface area contributed by atoms with Crippen LogP contribution in [-0.2, 0) is 20.1 Å². The number of fused-ring (bicyclic) bond motifs is 3. The Morgan fingerprint density at radius 1 is 0.830 bits per heavy atom. The van der Waals surface area contributed by atoms with E-state index in [-0.39, 0.29) is 30.9 Å². The summed E-state index contributed by atoms with van der Waals surface area (Å²) < 4.78 is 6.49. The fourth-order valence-electron chi connectivity index (χ4n) is 7.74. The minimum Gasteiger partial charge on any atom is -0.501 e. The van der Waals surface area contributed by atoms with Crippen LogP contribution in [0.1, 0.15) is 64.0 Å². The average molecular weight is 815 g/mol. The molecule has 5 heteroatoms. The first-order valence-corrected chi connectivity index (χ1v) is 20.1. The van der Waals surface area contributed by atoms with Crippen molar-refractivity contribution in [1.82, 2.24) is 9.97 Å². The molecule has 1 aliphatic carbocycles. The Hall–Kier alpha value is -3.37. The van der Waals surface area contributed by atoms with Gasteiger partial charge in [-0.25, -0.2) is 0 Å². The van der Waals surface area contributed by atoms with Crippen LogP contribution in [0.25, 0.3) is 44.5 Å². The number of pyridine rings is 2. The molecule has 1 saturated carbocycles. The van der Waals surface area contributed by atoms with Crippen LogP contribution >= 0.6 is 0 Å². The van der Waals surface area contributed by atoms with Gasteiger partial charge in [0, 0.05) is 46.0 Å². The van der Waals surface area contributed by atoms with E-state index in [1.807, 2.05) is 49.6 Å². The number of rotatable bonds is 4. The number of hydrogen-bond acceptors (Lipinski definition) is 3. The maximum atomic E-state index is 6.49. The van der Waals surface area contributed by atoms with Gasteiger partial charge in [-0.1, -0.05) is 101 Å². The molecule has 7 rings (SSSR count). The molecule has 0 N–H and O–H groups in total. The Morgan fingerprint density at radius 2 is 1.55 bits per heavy atom. The molecule has 1 fully saturated rings. The summed E-state index contributed by atoms with van der Waals surface area (Å²) in [6.07, 6.45) is 7.70. The van der Waals surface area contributed by atoms with Crippen LogP contribution in [0.15, 0.2) is 95.7 Å². The van der Waals surface area contributed by atoms with Crippen molar-refractivity contribution in [3.63, 3.8) is 0 Å². The molecule has 245 valence electrons. The average Bonchev–Trinajstić information content (AvgIpc) is 3.40. The number of benzene rings is 3. The van der Waals surface area contributed by atoms with Gasteiger partial charge in [-0.05, 0) is 71.2 Å². The first-order chi connectivity index (χ1) is 21.8. The Balaban J connectivity index is 0.000000260. The summed E-state index contributed by atoms with van der Waals surface area (Å²) >= 11 is 0. The van der Waals surface area contributed by atoms with Crippen LogP contribution in [0.5, 0.6) is 0 Å². The SMILES string of the molecule is CC1(C)CCCC(C)(C)C1c1ccnc(-c2[c-]cc([Si](C)(C)C)c3c2oc2ccccc23)c1.Cc1ccc(-c2[c-]cccc2)nc1.[Ir]. The van der Waals surface area contributed by atoms with Crippen molar-refractivity contribution in [3.05, 3.63) is 115 Å². The molecule has 47 heavy (non-hydrogen) atoms. The quantitative estimate of drug-likeness (QED) is 0.131. The van der Waals surface area contributed by atoms with E-state index in [2.05, 4.69) is 113 Å². The molecule has 0 unspecified atom stereocenters. The molecule has 1 aliphatic rings. The fraction of sp³-hybridized carbons (Fsp3) is 0.333. The summed E-state index contributed by atoms with van der Waals surface area (Å²) in [5.41, 5.74) is 8.95. The van der Waals surface area contributed by atoms with E-state index in [9.17, 15) is 0 Å². The first-order valence-electron chi connectivity index (χ1n) is 16.6. The predicted molar refractivity (Wildman–Crippen MR) is 196 cm³/mol. The predicted octanol–water partition coefficient (Wildman–Crippen LogP) is 11.2. The molecule has 0 bridgehead atoms. The topological polar surface area (TPSA) is 38.9 Å². The van der Waals surface area contributed by atoms with E-state index in [0.29, 0.717) is 5.92 Å². The minimum absolute atomic E-state index is 0. The second-order valence-electron chi connectivity index (χ2n) is 15.4. The second kappa shape index (κ2) is 13.6. The first kappa shape index (κ1) is 34.9. The van der Waals surface area contributed by atoms with Gasteiger partial charge in [-0.15, -0.1) is 53.2 Å².